The standard InChI is InChI=1S/C16H19N3O/c1-13(16(20)19-15-7-3-2-4-8-15)18-11-9-14-6-5-10-17-12-14/h2-8,10,12-13,18H,9,11H2,1H3,(H,19,20). The summed E-state index contributed by atoms with van der Waals surface area (Å²) < 4.78 is 0. The summed E-state index contributed by atoms with van der Waals surface area (Å²) in [5.41, 5.74) is 1.98. The van der Waals surface area contributed by atoms with Crippen molar-refractivity contribution in [2.45, 2.75) is 19.4 Å². The summed E-state index contributed by atoms with van der Waals surface area (Å²) in [5.74, 6) is -0.0256. The zero-order chi connectivity index (χ0) is 14.2. The topological polar surface area (TPSA) is 54.0 Å². The highest BCUT2D eigenvalue weighted by Crippen LogP contribution is 2.05. The number of aromatic nitrogens is 1. The third-order valence-electron chi connectivity index (χ3n) is 3.02. The first-order valence-electron chi connectivity index (χ1n) is 6.74. The van der Waals surface area contributed by atoms with Gasteiger partial charge in [0, 0.05) is 18.1 Å². The summed E-state index contributed by atoms with van der Waals surface area (Å²) in [7, 11) is 0. The smallest absolute Gasteiger partial charge is 0.241 e. The van der Waals surface area contributed by atoms with E-state index in [1.807, 2.05) is 55.6 Å². The molecule has 2 N–H and O–H groups in total. The number of carbonyl (C=O) groups is 1. The Morgan fingerprint density at radius 2 is 2.00 bits per heavy atom. The van der Waals surface area contributed by atoms with Crippen LogP contribution >= 0.6 is 0 Å². The van der Waals surface area contributed by atoms with Crippen molar-refractivity contribution < 1.29 is 4.79 Å². The van der Waals surface area contributed by atoms with Crippen LogP contribution in [0.3, 0.4) is 0 Å². The molecule has 1 aromatic carbocycles. The Labute approximate surface area is 119 Å². The van der Waals surface area contributed by atoms with Crippen molar-refractivity contribution in [2.75, 3.05) is 11.9 Å². The van der Waals surface area contributed by atoms with Gasteiger partial charge in [0.25, 0.3) is 0 Å². The SMILES string of the molecule is CC(NCCc1cccnc1)C(=O)Nc1ccccc1. The molecule has 2 aromatic rings. The van der Waals surface area contributed by atoms with E-state index in [9.17, 15) is 4.79 Å². The van der Waals surface area contributed by atoms with E-state index in [4.69, 9.17) is 0 Å². The van der Waals surface area contributed by atoms with Crippen LogP contribution in [0.2, 0.25) is 0 Å². The van der Waals surface area contributed by atoms with Crippen LogP contribution in [0.25, 0.3) is 0 Å². The molecule has 0 fully saturated rings. The van der Waals surface area contributed by atoms with Gasteiger partial charge in [-0.2, -0.15) is 0 Å². The third kappa shape index (κ3) is 4.48. The van der Waals surface area contributed by atoms with Crippen molar-refractivity contribution in [1.82, 2.24) is 10.3 Å². The number of hydrogen-bond acceptors (Lipinski definition) is 3. The van der Waals surface area contributed by atoms with Crippen molar-refractivity contribution in [3.63, 3.8) is 0 Å². The van der Waals surface area contributed by atoms with E-state index in [0.717, 1.165) is 24.2 Å². The maximum absolute atomic E-state index is 12.0. The van der Waals surface area contributed by atoms with Gasteiger partial charge in [-0.3, -0.25) is 9.78 Å². The Bertz CT molecular complexity index is 528. The zero-order valence-corrected chi connectivity index (χ0v) is 11.5. The molecule has 0 spiro atoms. The minimum absolute atomic E-state index is 0.0256. The Balaban J connectivity index is 1.74. The highest BCUT2D eigenvalue weighted by Gasteiger charge is 2.11. The predicted octanol–water partition coefficient (Wildman–Crippen LogP) is 2.24. The monoisotopic (exact) mass is 269 g/mol. The summed E-state index contributed by atoms with van der Waals surface area (Å²) in [6.07, 6.45) is 4.46. The second kappa shape index (κ2) is 7.40. The average molecular weight is 269 g/mol. The summed E-state index contributed by atoms with van der Waals surface area (Å²) >= 11 is 0. The molecule has 0 radical (unpaired) electrons. The van der Waals surface area contributed by atoms with Crippen LogP contribution < -0.4 is 10.6 Å². The van der Waals surface area contributed by atoms with Crippen molar-refractivity contribution in [2.24, 2.45) is 0 Å². The number of carbonyl (C=O) groups excluding carboxylic acids is 1. The molecule has 104 valence electrons. The number of nitrogens with zero attached hydrogens (tertiary/aromatic N) is 1. The lowest BCUT2D eigenvalue weighted by atomic mass is 10.2. The molecule has 0 bridgehead atoms. The molecule has 2 rings (SSSR count). The predicted molar refractivity (Wildman–Crippen MR) is 80.5 cm³/mol. The number of nitrogens with one attached hydrogen (secondary N) is 2. The average Bonchev–Trinajstić information content (AvgIpc) is 2.49. The molecule has 4 nitrogen and oxygen atoms in total. The highest BCUT2D eigenvalue weighted by molar-refractivity contribution is 5.94. The second-order valence-corrected chi connectivity index (χ2v) is 4.64. The van der Waals surface area contributed by atoms with Crippen molar-refractivity contribution in [3.05, 3.63) is 60.4 Å². The van der Waals surface area contributed by atoms with Crippen LogP contribution in [0.4, 0.5) is 5.69 Å². The van der Waals surface area contributed by atoms with E-state index in [2.05, 4.69) is 15.6 Å². The number of para-hydroxylation sites is 1. The lowest BCUT2D eigenvalue weighted by Crippen LogP contribution is -2.39. The Morgan fingerprint density at radius 1 is 1.20 bits per heavy atom. The molecule has 4 heteroatoms. The molecule has 1 amide bonds. The molecule has 20 heavy (non-hydrogen) atoms. The summed E-state index contributed by atoms with van der Waals surface area (Å²) in [6, 6.07) is 13.2. The van der Waals surface area contributed by atoms with Gasteiger partial charge in [-0.25, -0.2) is 0 Å². The van der Waals surface area contributed by atoms with Crippen LogP contribution in [0.1, 0.15) is 12.5 Å². The molecule has 1 atom stereocenters. The van der Waals surface area contributed by atoms with E-state index in [1.54, 1.807) is 6.20 Å². The first-order chi connectivity index (χ1) is 9.75. The molecule has 0 aliphatic carbocycles. The summed E-state index contributed by atoms with van der Waals surface area (Å²) in [6.45, 7) is 2.61. The number of hydrogen-bond donors (Lipinski definition) is 2. The fraction of sp³-hybridized carbons (Fsp3) is 0.250. The van der Waals surface area contributed by atoms with E-state index in [0.29, 0.717) is 0 Å². The number of pyridine rings is 1. The van der Waals surface area contributed by atoms with E-state index < -0.39 is 0 Å². The van der Waals surface area contributed by atoms with Crippen molar-refractivity contribution >= 4 is 11.6 Å². The summed E-state index contributed by atoms with van der Waals surface area (Å²) in [4.78, 5) is 16.0. The molecule has 0 saturated heterocycles. The zero-order valence-electron chi connectivity index (χ0n) is 11.5. The molecule has 1 aromatic heterocycles. The maximum atomic E-state index is 12.0. The van der Waals surface area contributed by atoms with Crippen molar-refractivity contribution in [1.29, 1.82) is 0 Å². The molecule has 0 saturated carbocycles. The fourth-order valence-electron chi connectivity index (χ4n) is 1.84. The van der Waals surface area contributed by atoms with Gasteiger partial charge in [0.2, 0.25) is 5.91 Å². The van der Waals surface area contributed by atoms with Crippen LogP contribution in [0, 0.1) is 0 Å². The quantitative estimate of drug-likeness (QED) is 0.845. The normalized spacial score (nSPS) is 11.8. The third-order valence-corrected chi connectivity index (χ3v) is 3.02. The molecular weight excluding hydrogens is 250 g/mol. The highest BCUT2D eigenvalue weighted by atomic mass is 16.2. The Morgan fingerprint density at radius 3 is 2.70 bits per heavy atom. The van der Waals surface area contributed by atoms with Gasteiger partial charge in [-0.05, 0) is 43.7 Å². The van der Waals surface area contributed by atoms with Gasteiger partial charge in [0.15, 0.2) is 0 Å². The minimum Gasteiger partial charge on any atom is -0.325 e. The van der Waals surface area contributed by atoms with Gasteiger partial charge in [-0.1, -0.05) is 24.3 Å². The molecule has 0 aliphatic heterocycles. The minimum atomic E-state index is -0.230. The first kappa shape index (κ1) is 14.2. The molecule has 1 heterocycles. The Hall–Kier alpha value is -2.20. The summed E-state index contributed by atoms with van der Waals surface area (Å²) in [5, 5.41) is 6.09. The fourth-order valence-corrected chi connectivity index (χ4v) is 1.84. The number of amides is 1. The van der Waals surface area contributed by atoms with Gasteiger partial charge < -0.3 is 10.6 Å². The van der Waals surface area contributed by atoms with Crippen LogP contribution in [0.5, 0.6) is 0 Å². The maximum Gasteiger partial charge on any atom is 0.241 e. The lowest BCUT2D eigenvalue weighted by molar-refractivity contribution is -0.117. The first-order valence-corrected chi connectivity index (χ1v) is 6.74. The largest absolute Gasteiger partial charge is 0.325 e. The van der Waals surface area contributed by atoms with E-state index in [-0.39, 0.29) is 11.9 Å². The number of anilines is 1. The van der Waals surface area contributed by atoms with Crippen molar-refractivity contribution in [3.8, 4) is 0 Å². The lowest BCUT2D eigenvalue weighted by Gasteiger charge is -2.14. The number of benzene rings is 1. The van der Waals surface area contributed by atoms with Gasteiger partial charge in [-0.15, -0.1) is 0 Å². The number of rotatable bonds is 6. The second-order valence-electron chi connectivity index (χ2n) is 4.64. The van der Waals surface area contributed by atoms with Crippen LogP contribution in [-0.4, -0.2) is 23.5 Å². The van der Waals surface area contributed by atoms with E-state index >= 15 is 0 Å². The van der Waals surface area contributed by atoms with E-state index in [1.165, 1.54) is 0 Å². The van der Waals surface area contributed by atoms with Gasteiger partial charge in [0.05, 0.1) is 6.04 Å². The van der Waals surface area contributed by atoms with Crippen LogP contribution in [-0.2, 0) is 11.2 Å². The van der Waals surface area contributed by atoms with Crippen LogP contribution in [0.15, 0.2) is 54.9 Å². The van der Waals surface area contributed by atoms with Gasteiger partial charge >= 0.3 is 0 Å². The molecular formula is C16H19N3O. The molecule has 1 unspecified atom stereocenters. The van der Waals surface area contributed by atoms with Gasteiger partial charge in [0.1, 0.15) is 0 Å². The Kier molecular flexibility index (Phi) is 5.26. The molecule has 0 aliphatic rings.